The van der Waals surface area contributed by atoms with Crippen molar-refractivity contribution in [2.75, 3.05) is 37.6 Å². The third-order valence-electron chi connectivity index (χ3n) is 7.14. The zero-order valence-electron chi connectivity index (χ0n) is 18.0. The summed E-state index contributed by atoms with van der Waals surface area (Å²) in [6.45, 7) is 6.69. The number of carbonyl (C=O) groups excluding carboxylic acids is 3. The number of carbonyl (C=O) groups is 3. The van der Waals surface area contributed by atoms with Crippen LogP contribution in [0.4, 0.5) is 10.5 Å². The molecule has 0 bridgehead atoms. The summed E-state index contributed by atoms with van der Waals surface area (Å²) in [5.74, 6) is -0.270. The Morgan fingerprint density at radius 2 is 1.80 bits per heavy atom. The van der Waals surface area contributed by atoms with Gasteiger partial charge in [-0.2, -0.15) is 0 Å². The van der Waals surface area contributed by atoms with Crippen molar-refractivity contribution in [1.82, 2.24) is 15.1 Å². The van der Waals surface area contributed by atoms with Gasteiger partial charge in [0.1, 0.15) is 12.1 Å². The van der Waals surface area contributed by atoms with Gasteiger partial charge in [-0.1, -0.05) is 38.8 Å². The maximum absolute atomic E-state index is 13.1. The molecule has 2 aliphatic heterocycles. The van der Waals surface area contributed by atoms with Gasteiger partial charge in [-0.25, -0.2) is 4.79 Å². The molecule has 1 aromatic rings. The molecule has 2 saturated heterocycles. The van der Waals surface area contributed by atoms with Gasteiger partial charge in [0, 0.05) is 31.9 Å². The first kappa shape index (κ1) is 20.7. The third-order valence-corrected chi connectivity index (χ3v) is 7.14. The van der Waals surface area contributed by atoms with Crippen LogP contribution < -0.4 is 10.2 Å². The molecule has 162 valence electrons. The van der Waals surface area contributed by atoms with Crippen LogP contribution in [0.15, 0.2) is 24.3 Å². The van der Waals surface area contributed by atoms with Gasteiger partial charge in [0.05, 0.1) is 0 Å². The Morgan fingerprint density at radius 3 is 2.43 bits per heavy atom. The first-order chi connectivity index (χ1) is 14.4. The maximum atomic E-state index is 13.1. The largest absolute Gasteiger partial charge is 0.368 e. The lowest BCUT2D eigenvalue weighted by atomic mass is 9.73. The van der Waals surface area contributed by atoms with Gasteiger partial charge in [-0.3, -0.25) is 14.5 Å². The molecule has 30 heavy (non-hydrogen) atoms. The fourth-order valence-corrected chi connectivity index (χ4v) is 5.03. The number of hydrogen-bond acceptors (Lipinski definition) is 4. The van der Waals surface area contributed by atoms with E-state index < -0.39 is 11.6 Å². The molecule has 0 radical (unpaired) electrons. The summed E-state index contributed by atoms with van der Waals surface area (Å²) in [5, 5.41) is 2.92. The van der Waals surface area contributed by atoms with E-state index in [9.17, 15) is 14.4 Å². The van der Waals surface area contributed by atoms with Crippen LogP contribution in [0.1, 0.15) is 45.1 Å². The smallest absolute Gasteiger partial charge is 0.325 e. The highest BCUT2D eigenvalue weighted by atomic mass is 16.2. The SMILES string of the molecule is CCc1ccc(N2CCN(C(=O)CN3C(=O)N[C@]4(CCCC[C@H]4C)C3=O)CC2)cc1. The predicted molar refractivity (Wildman–Crippen MR) is 115 cm³/mol. The van der Waals surface area contributed by atoms with Crippen LogP contribution in [0.5, 0.6) is 0 Å². The average Bonchev–Trinajstić information content (AvgIpc) is 3.01. The molecule has 3 aliphatic rings. The first-order valence-corrected chi connectivity index (χ1v) is 11.2. The van der Waals surface area contributed by atoms with Crippen molar-refractivity contribution in [2.45, 2.75) is 51.5 Å². The summed E-state index contributed by atoms with van der Waals surface area (Å²) >= 11 is 0. The van der Waals surface area contributed by atoms with Gasteiger partial charge < -0.3 is 15.1 Å². The van der Waals surface area contributed by atoms with E-state index in [1.165, 1.54) is 11.3 Å². The fourth-order valence-electron chi connectivity index (χ4n) is 5.03. The Hall–Kier alpha value is -2.57. The quantitative estimate of drug-likeness (QED) is 0.771. The van der Waals surface area contributed by atoms with Crippen LogP contribution in [0, 0.1) is 5.92 Å². The number of piperazine rings is 1. The van der Waals surface area contributed by atoms with Crippen molar-refractivity contribution < 1.29 is 14.4 Å². The highest BCUT2D eigenvalue weighted by Crippen LogP contribution is 2.38. The number of urea groups is 1. The Morgan fingerprint density at radius 1 is 1.10 bits per heavy atom. The zero-order valence-corrected chi connectivity index (χ0v) is 18.0. The molecule has 0 aromatic heterocycles. The summed E-state index contributed by atoms with van der Waals surface area (Å²) in [5.41, 5.74) is 1.67. The van der Waals surface area contributed by atoms with E-state index in [0.717, 1.165) is 43.7 Å². The van der Waals surface area contributed by atoms with Crippen LogP contribution >= 0.6 is 0 Å². The number of rotatable bonds is 4. The van der Waals surface area contributed by atoms with E-state index in [1.807, 2.05) is 6.92 Å². The highest BCUT2D eigenvalue weighted by molar-refractivity contribution is 6.09. The number of aryl methyl sites for hydroxylation is 1. The van der Waals surface area contributed by atoms with Gasteiger partial charge in [0.25, 0.3) is 5.91 Å². The van der Waals surface area contributed by atoms with Crippen molar-refractivity contribution in [3.63, 3.8) is 0 Å². The Bertz CT molecular complexity index is 816. The Balaban J connectivity index is 1.34. The van der Waals surface area contributed by atoms with E-state index in [0.29, 0.717) is 19.5 Å². The van der Waals surface area contributed by atoms with E-state index >= 15 is 0 Å². The molecule has 2 atom stereocenters. The van der Waals surface area contributed by atoms with Gasteiger partial charge in [0.2, 0.25) is 5.91 Å². The molecule has 2 heterocycles. The molecule has 7 heteroatoms. The second-order valence-electron chi connectivity index (χ2n) is 8.83. The van der Waals surface area contributed by atoms with Crippen LogP contribution in [-0.2, 0) is 16.0 Å². The van der Waals surface area contributed by atoms with E-state index in [-0.39, 0.29) is 24.3 Å². The minimum atomic E-state index is -0.807. The first-order valence-electron chi connectivity index (χ1n) is 11.2. The number of imide groups is 1. The zero-order chi connectivity index (χ0) is 21.3. The van der Waals surface area contributed by atoms with Crippen molar-refractivity contribution >= 4 is 23.5 Å². The molecule has 4 rings (SSSR count). The van der Waals surface area contributed by atoms with Crippen molar-refractivity contribution in [3.8, 4) is 0 Å². The number of hydrogen-bond donors (Lipinski definition) is 1. The normalized spacial score (nSPS) is 27.0. The molecule has 1 aromatic carbocycles. The molecule has 7 nitrogen and oxygen atoms in total. The minimum Gasteiger partial charge on any atom is -0.368 e. The average molecular weight is 413 g/mol. The lowest BCUT2D eigenvalue weighted by Gasteiger charge is -2.37. The number of anilines is 1. The van der Waals surface area contributed by atoms with Gasteiger partial charge in [-0.05, 0) is 42.9 Å². The van der Waals surface area contributed by atoms with E-state index in [2.05, 4.69) is 41.4 Å². The second-order valence-corrected chi connectivity index (χ2v) is 8.83. The number of benzene rings is 1. The van der Waals surface area contributed by atoms with E-state index in [4.69, 9.17) is 0 Å². The molecule has 3 fully saturated rings. The second kappa shape index (κ2) is 8.28. The van der Waals surface area contributed by atoms with Crippen molar-refractivity contribution in [2.24, 2.45) is 5.92 Å². The van der Waals surface area contributed by atoms with Crippen LogP contribution in [-0.4, -0.2) is 65.9 Å². The summed E-state index contributed by atoms with van der Waals surface area (Å²) < 4.78 is 0. The Labute approximate surface area is 178 Å². The fraction of sp³-hybridized carbons (Fsp3) is 0.609. The van der Waals surface area contributed by atoms with Crippen molar-refractivity contribution in [3.05, 3.63) is 29.8 Å². The van der Waals surface area contributed by atoms with Gasteiger partial charge >= 0.3 is 6.03 Å². The van der Waals surface area contributed by atoms with Gasteiger partial charge in [-0.15, -0.1) is 0 Å². The standard InChI is InChI=1S/C23H32N4O3/c1-3-18-7-9-19(10-8-18)25-12-14-26(15-13-25)20(28)16-27-21(29)23(24-22(27)30)11-5-4-6-17(23)2/h7-10,17H,3-6,11-16H2,1-2H3,(H,24,30)/t17-,23+/m1/s1. The minimum absolute atomic E-state index is 0.102. The van der Waals surface area contributed by atoms with Crippen molar-refractivity contribution in [1.29, 1.82) is 0 Å². The number of nitrogens with one attached hydrogen (secondary N) is 1. The maximum Gasteiger partial charge on any atom is 0.325 e. The molecule has 1 aliphatic carbocycles. The highest BCUT2D eigenvalue weighted by Gasteiger charge is 2.55. The van der Waals surface area contributed by atoms with Gasteiger partial charge in [0.15, 0.2) is 0 Å². The third kappa shape index (κ3) is 3.66. The van der Waals surface area contributed by atoms with Crippen LogP contribution in [0.2, 0.25) is 0 Å². The molecule has 0 unspecified atom stereocenters. The van der Waals surface area contributed by atoms with E-state index in [1.54, 1.807) is 4.90 Å². The number of nitrogens with zero attached hydrogens (tertiary/aromatic N) is 3. The lowest BCUT2D eigenvalue weighted by Crippen LogP contribution is -2.55. The molecule has 1 N–H and O–H groups in total. The topological polar surface area (TPSA) is 73.0 Å². The summed E-state index contributed by atoms with van der Waals surface area (Å²) in [4.78, 5) is 43.6. The molecule has 1 spiro atoms. The van der Waals surface area contributed by atoms with Crippen LogP contribution in [0.3, 0.4) is 0 Å². The van der Waals surface area contributed by atoms with Crippen LogP contribution in [0.25, 0.3) is 0 Å². The molecule has 4 amide bonds. The number of amides is 4. The monoisotopic (exact) mass is 412 g/mol. The lowest BCUT2D eigenvalue weighted by molar-refractivity contribution is -0.140. The summed E-state index contributed by atoms with van der Waals surface area (Å²) in [6, 6.07) is 8.14. The predicted octanol–water partition coefficient (Wildman–Crippen LogP) is 2.40. The molecular weight excluding hydrogens is 380 g/mol. The molecular formula is C23H32N4O3. The summed E-state index contributed by atoms with van der Waals surface area (Å²) in [6.07, 6.45) is 4.62. The Kier molecular flexibility index (Phi) is 5.71. The summed E-state index contributed by atoms with van der Waals surface area (Å²) in [7, 11) is 0. The molecule has 1 saturated carbocycles.